The minimum Gasteiger partial charge on any atom is -0.378 e. The number of nitrogens with zero attached hydrogens (tertiary/aromatic N) is 1. The van der Waals surface area contributed by atoms with Crippen molar-refractivity contribution in [2.24, 2.45) is 0 Å². The summed E-state index contributed by atoms with van der Waals surface area (Å²) in [5, 5.41) is 4.66. The lowest BCUT2D eigenvalue weighted by molar-refractivity contribution is 0.181. The van der Waals surface area contributed by atoms with Crippen molar-refractivity contribution in [2.75, 3.05) is 7.11 Å². The van der Waals surface area contributed by atoms with Crippen molar-refractivity contribution < 1.29 is 4.74 Å². The predicted molar refractivity (Wildman–Crippen MR) is 85.9 cm³/mol. The molecule has 0 aliphatic carbocycles. The first kappa shape index (κ1) is 17.0. The van der Waals surface area contributed by atoms with Crippen LogP contribution in [0.25, 0.3) is 0 Å². The van der Waals surface area contributed by atoms with Gasteiger partial charge in [0.1, 0.15) is 5.01 Å². The van der Waals surface area contributed by atoms with Crippen molar-refractivity contribution in [3.63, 3.8) is 0 Å². The number of hydrogen-bond donors (Lipinski definition) is 1. The van der Waals surface area contributed by atoms with E-state index in [1.54, 1.807) is 7.11 Å². The van der Waals surface area contributed by atoms with Gasteiger partial charge in [-0.05, 0) is 0 Å². The highest BCUT2D eigenvalue weighted by Crippen LogP contribution is 2.30. The molecular weight excluding hydrogens is 276 g/mol. The molecule has 0 fully saturated rings. The topological polar surface area (TPSA) is 34.1 Å². The zero-order valence-corrected chi connectivity index (χ0v) is 14.5. The van der Waals surface area contributed by atoms with Gasteiger partial charge in [0.05, 0.1) is 12.3 Å². The number of hydrogen-bond acceptors (Lipinski definition) is 5. The van der Waals surface area contributed by atoms with E-state index in [1.165, 1.54) is 9.88 Å². The summed E-state index contributed by atoms with van der Waals surface area (Å²) in [6.45, 7) is 12.5. The van der Waals surface area contributed by atoms with Crippen LogP contribution >= 0.6 is 23.1 Å². The first-order valence-corrected chi connectivity index (χ1v) is 8.45. The monoisotopic (exact) mass is 302 g/mol. The summed E-state index contributed by atoms with van der Waals surface area (Å²) >= 11 is 3.75. The van der Waals surface area contributed by atoms with Crippen LogP contribution in [0.1, 0.15) is 50.2 Å². The lowest BCUT2D eigenvalue weighted by Gasteiger charge is -2.16. The zero-order chi connectivity index (χ0) is 14.5. The maximum atomic E-state index is 5.24. The molecule has 1 heterocycles. The van der Waals surface area contributed by atoms with Crippen molar-refractivity contribution in [1.29, 1.82) is 0 Å². The summed E-state index contributed by atoms with van der Waals surface area (Å²) in [6.07, 6.45) is 0. The van der Waals surface area contributed by atoms with E-state index in [0.29, 0.717) is 12.6 Å². The normalized spacial score (nSPS) is 12.4. The van der Waals surface area contributed by atoms with Gasteiger partial charge in [0.2, 0.25) is 0 Å². The van der Waals surface area contributed by atoms with Gasteiger partial charge < -0.3 is 10.1 Å². The van der Waals surface area contributed by atoms with Crippen LogP contribution in [0.15, 0.2) is 0 Å². The van der Waals surface area contributed by atoms with Gasteiger partial charge in [0.15, 0.2) is 0 Å². The molecule has 0 amide bonds. The Balaban J connectivity index is 2.70. The third-order valence-corrected chi connectivity index (χ3v) is 4.97. The summed E-state index contributed by atoms with van der Waals surface area (Å²) in [5.41, 5.74) is 1.09. The molecule has 1 N–H and O–H groups in total. The minimum atomic E-state index is 0.281. The van der Waals surface area contributed by atoms with Crippen molar-refractivity contribution in [2.45, 2.75) is 64.3 Å². The zero-order valence-electron chi connectivity index (χ0n) is 12.9. The average molecular weight is 303 g/mol. The van der Waals surface area contributed by atoms with Crippen molar-refractivity contribution in [1.82, 2.24) is 10.3 Å². The largest absolute Gasteiger partial charge is 0.378 e. The SMILES string of the molecule is COCc1nc(CSC(C)(C)C)sc1CNC(C)C. The third kappa shape index (κ3) is 6.75. The van der Waals surface area contributed by atoms with Crippen molar-refractivity contribution in [3.8, 4) is 0 Å². The third-order valence-electron chi connectivity index (χ3n) is 2.40. The molecule has 110 valence electrons. The molecule has 0 aliphatic rings. The van der Waals surface area contributed by atoms with Crippen molar-refractivity contribution >= 4 is 23.1 Å². The van der Waals surface area contributed by atoms with Gasteiger partial charge in [-0.25, -0.2) is 4.98 Å². The van der Waals surface area contributed by atoms with E-state index in [1.807, 2.05) is 23.1 Å². The van der Waals surface area contributed by atoms with Crippen LogP contribution in [0.3, 0.4) is 0 Å². The number of thiazole rings is 1. The number of methoxy groups -OCH3 is 1. The Hall–Kier alpha value is -0.100. The second-order valence-corrected chi connectivity index (χ2v) is 8.82. The molecule has 0 aliphatic heterocycles. The Morgan fingerprint density at radius 2 is 2.05 bits per heavy atom. The van der Waals surface area contributed by atoms with Gasteiger partial charge >= 0.3 is 0 Å². The molecule has 1 rings (SSSR count). The van der Waals surface area contributed by atoms with Gasteiger partial charge in [-0.1, -0.05) is 34.6 Å². The van der Waals surface area contributed by atoms with Crippen molar-refractivity contribution in [3.05, 3.63) is 15.6 Å². The molecule has 0 radical (unpaired) electrons. The van der Waals surface area contributed by atoms with E-state index < -0.39 is 0 Å². The summed E-state index contributed by atoms with van der Waals surface area (Å²) in [4.78, 5) is 6.02. The Morgan fingerprint density at radius 3 is 2.58 bits per heavy atom. The smallest absolute Gasteiger partial charge is 0.103 e. The Kier molecular flexibility index (Phi) is 6.80. The number of nitrogens with one attached hydrogen (secondary N) is 1. The van der Waals surface area contributed by atoms with E-state index in [2.05, 4.69) is 39.9 Å². The molecule has 5 heteroatoms. The standard InChI is InChI=1S/C14H26N2OS2/c1-10(2)15-7-12-11(8-17-6)16-13(19-12)9-18-14(3,4)5/h10,15H,7-9H2,1-6H3. The molecular formula is C14H26N2OS2. The Bertz CT molecular complexity index is 383. The average Bonchev–Trinajstić information content (AvgIpc) is 2.66. The molecule has 1 aromatic rings. The molecule has 0 saturated carbocycles. The second kappa shape index (κ2) is 7.62. The molecule has 0 bridgehead atoms. The van der Waals surface area contributed by atoms with Crippen LogP contribution in [-0.4, -0.2) is 22.9 Å². The summed E-state index contributed by atoms with van der Waals surface area (Å²) in [6, 6.07) is 0.491. The summed E-state index contributed by atoms with van der Waals surface area (Å²) < 4.78 is 5.52. The van der Waals surface area contributed by atoms with Crippen LogP contribution in [0.4, 0.5) is 0 Å². The van der Waals surface area contributed by atoms with Crippen LogP contribution in [-0.2, 0) is 23.6 Å². The molecule has 19 heavy (non-hydrogen) atoms. The number of aromatic nitrogens is 1. The lowest BCUT2D eigenvalue weighted by Crippen LogP contribution is -2.21. The van der Waals surface area contributed by atoms with Crippen LogP contribution < -0.4 is 5.32 Å². The molecule has 0 saturated heterocycles. The molecule has 0 aromatic carbocycles. The molecule has 1 aromatic heterocycles. The van der Waals surface area contributed by atoms with Gasteiger partial charge in [-0.3, -0.25) is 0 Å². The van der Waals surface area contributed by atoms with Gasteiger partial charge in [-0.15, -0.1) is 23.1 Å². The van der Waals surface area contributed by atoms with E-state index in [0.717, 1.165) is 18.0 Å². The fourth-order valence-electron chi connectivity index (χ4n) is 1.46. The lowest BCUT2D eigenvalue weighted by atomic mass is 10.3. The fraction of sp³-hybridized carbons (Fsp3) is 0.786. The highest BCUT2D eigenvalue weighted by atomic mass is 32.2. The maximum Gasteiger partial charge on any atom is 0.103 e. The van der Waals surface area contributed by atoms with E-state index in [9.17, 15) is 0 Å². The molecule has 0 atom stereocenters. The fourth-order valence-corrected chi connectivity index (χ4v) is 3.31. The summed E-state index contributed by atoms with van der Waals surface area (Å²) in [5.74, 6) is 0.979. The maximum absolute atomic E-state index is 5.24. The van der Waals surface area contributed by atoms with Gasteiger partial charge in [-0.2, -0.15) is 0 Å². The second-order valence-electron chi connectivity index (χ2n) is 5.85. The van der Waals surface area contributed by atoms with Crippen LogP contribution in [0, 0.1) is 0 Å². The predicted octanol–water partition coefficient (Wildman–Crippen LogP) is 3.82. The van der Waals surface area contributed by atoms with Gasteiger partial charge in [0, 0.05) is 35.1 Å². The van der Waals surface area contributed by atoms with E-state index in [-0.39, 0.29) is 4.75 Å². The first-order valence-electron chi connectivity index (χ1n) is 6.65. The molecule has 3 nitrogen and oxygen atoms in total. The van der Waals surface area contributed by atoms with E-state index in [4.69, 9.17) is 9.72 Å². The van der Waals surface area contributed by atoms with E-state index >= 15 is 0 Å². The Labute approximate surface area is 125 Å². The minimum absolute atomic E-state index is 0.281. The Morgan fingerprint density at radius 1 is 1.37 bits per heavy atom. The van der Waals surface area contributed by atoms with Crippen LogP contribution in [0.2, 0.25) is 0 Å². The summed E-state index contributed by atoms with van der Waals surface area (Å²) in [7, 11) is 1.72. The first-order chi connectivity index (χ1) is 8.81. The highest BCUT2D eigenvalue weighted by Gasteiger charge is 2.15. The number of rotatable bonds is 7. The number of thioether (sulfide) groups is 1. The van der Waals surface area contributed by atoms with Crippen LogP contribution in [0.5, 0.6) is 0 Å². The quantitative estimate of drug-likeness (QED) is 0.830. The van der Waals surface area contributed by atoms with Gasteiger partial charge in [0.25, 0.3) is 0 Å². The number of ether oxygens (including phenoxy) is 1. The molecule has 0 unspecified atom stereocenters. The molecule has 0 spiro atoms. The highest BCUT2D eigenvalue weighted by molar-refractivity contribution is 7.99.